The van der Waals surface area contributed by atoms with Crippen molar-refractivity contribution < 1.29 is 14.0 Å². The van der Waals surface area contributed by atoms with Crippen LogP contribution in [0.5, 0.6) is 0 Å². The van der Waals surface area contributed by atoms with Gasteiger partial charge in [-0.1, -0.05) is 17.2 Å². The third kappa shape index (κ3) is 3.08. The molecule has 1 fully saturated rings. The molecular formula is C13H13FN6O2. The summed E-state index contributed by atoms with van der Waals surface area (Å²) in [6.45, 7) is 0.557. The molecule has 0 radical (unpaired) electrons. The number of likely N-dealkylation sites (tertiary alicyclic amines) is 1. The van der Waals surface area contributed by atoms with Gasteiger partial charge in [0.25, 0.3) is 5.95 Å². The number of aromatic nitrogens is 4. The van der Waals surface area contributed by atoms with Gasteiger partial charge in [-0.3, -0.25) is 14.9 Å². The first kappa shape index (κ1) is 14.1. The van der Waals surface area contributed by atoms with E-state index in [4.69, 9.17) is 0 Å². The quantitative estimate of drug-likeness (QED) is 0.847. The summed E-state index contributed by atoms with van der Waals surface area (Å²) in [5.41, 5.74) is 0.688. The topological polar surface area (TPSA) is 104 Å². The number of rotatable bonds is 4. The second-order valence-electron chi connectivity index (χ2n) is 5.03. The predicted octanol–water partition coefficient (Wildman–Crippen LogP) is 0.326. The van der Waals surface area contributed by atoms with Crippen LogP contribution in [-0.2, 0) is 16.1 Å². The zero-order chi connectivity index (χ0) is 15.5. The van der Waals surface area contributed by atoms with E-state index in [0.717, 1.165) is 0 Å². The summed E-state index contributed by atoms with van der Waals surface area (Å²) in [7, 11) is 0. The van der Waals surface area contributed by atoms with Gasteiger partial charge in [0, 0.05) is 19.5 Å². The summed E-state index contributed by atoms with van der Waals surface area (Å²) >= 11 is 0. The first-order valence-electron chi connectivity index (χ1n) is 6.68. The van der Waals surface area contributed by atoms with E-state index in [1.54, 1.807) is 12.1 Å². The van der Waals surface area contributed by atoms with Crippen LogP contribution in [0.4, 0.5) is 10.3 Å². The van der Waals surface area contributed by atoms with Crippen molar-refractivity contribution in [2.75, 3.05) is 11.9 Å². The van der Waals surface area contributed by atoms with Crippen molar-refractivity contribution in [1.82, 2.24) is 25.5 Å². The number of carbonyl (C=O) groups is 2. The van der Waals surface area contributed by atoms with Crippen molar-refractivity contribution in [3.05, 3.63) is 35.6 Å². The Labute approximate surface area is 124 Å². The third-order valence-electron chi connectivity index (χ3n) is 3.43. The van der Waals surface area contributed by atoms with Crippen LogP contribution in [0, 0.1) is 11.7 Å². The van der Waals surface area contributed by atoms with Crippen molar-refractivity contribution >= 4 is 17.8 Å². The molecule has 0 saturated carbocycles. The van der Waals surface area contributed by atoms with Gasteiger partial charge in [0.15, 0.2) is 0 Å². The monoisotopic (exact) mass is 304 g/mol. The third-order valence-corrected chi connectivity index (χ3v) is 3.43. The van der Waals surface area contributed by atoms with Gasteiger partial charge in [-0.25, -0.2) is 4.39 Å². The number of H-pyrrole nitrogens is 1. The van der Waals surface area contributed by atoms with E-state index in [0.29, 0.717) is 5.56 Å². The zero-order valence-corrected chi connectivity index (χ0v) is 11.5. The number of halogens is 1. The van der Waals surface area contributed by atoms with Crippen molar-refractivity contribution in [3.8, 4) is 0 Å². The van der Waals surface area contributed by atoms with Gasteiger partial charge < -0.3 is 4.90 Å². The Balaban J connectivity index is 1.62. The molecule has 1 aromatic carbocycles. The van der Waals surface area contributed by atoms with Crippen LogP contribution in [0.1, 0.15) is 12.0 Å². The van der Waals surface area contributed by atoms with E-state index in [1.165, 1.54) is 17.0 Å². The molecule has 1 aromatic heterocycles. The molecule has 3 rings (SSSR count). The highest BCUT2D eigenvalue weighted by atomic mass is 19.1. The Morgan fingerprint density at radius 2 is 2.36 bits per heavy atom. The molecule has 2 N–H and O–H groups in total. The van der Waals surface area contributed by atoms with Crippen LogP contribution in [-0.4, -0.2) is 43.9 Å². The molecular weight excluding hydrogens is 291 g/mol. The lowest BCUT2D eigenvalue weighted by molar-refractivity contribution is -0.128. The van der Waals surface area contributed by atoms with Crippen LogP contribution in [0.3, 0.4) is 0 Å². The van der Waals surface area contributed by atoms with Gasteiger partial charge in [-0.2, -0.15) is 5.21 Å². The number of aromatic amines is 1. The smallest absolute Gasteiger partial charge is 0.269 e. The molecule has 22 heavy (non-hydrogen) atoms. The molecule has 8 nitrogen and oxygen atoms in total. The lowest BCUT2D eigenvalue weighted by atomic mass is 10.1. The molecule has 2 amide bonds. The average molecular weight is 304 g/mol. The lowest BCUT2D eigenvalue weighted by Crippen LogP contribution is -2.28. The van der Waals surface area contributed by atoms with Crippen molar-refractivity contribution in [1.29, 1.82) is 0 Å². The Bertz CT molecular complexity index is 690. The fourth-order valence-electron chi connectivity index (χ4n) is 2.38. The summed E-state index contributed by atoms with van der Waals surface area (Å²) in [6, 6.07) is 6.05. The average Bonchev–Trinajstić information content (AvgIpc) is 3.10. The van der Waals surface area contributed by atoms with Crippen LogP contribution < -0.4 is 5.32 Å². The maximum Gasteiger partial charge on any atom is 0.269 e. The first-order chi connectivity index (χ1) is 10.6. The second-order valence-corrected chi connectivity index (χ2v) is 5.03. The molecule has 2 aromatic rings. The van der Waals surface area contributed by atoms with Crippen LogP contribution in [0.25, 0.3) is 0 Å². The van der Waals surface area contributed by atoms with Crippen molar-refractivity contribution in [3.63, 3.8) is 0 Å². The summed E-state index contributed by atoms with van der Waals surface area (Å²) < 4.78 is 13.2. The normalized spacial score (nSPS) is 17.8. The minimum atomic E-state index is -0.487. The van der Waals surface area contributed by atoms with Crippen molar-refractivity contribution in [2.24, 2.45) is 5.92 Å². The number of hydrogen-bond donors (Lipinski definition) is 2. The lowest BCUT2D eigenvalue weighted by Gasteiger charge is -2.16. The van der Waals surface area contributed by atoms with E-state index in [9.17, 15) is 14.0 Å². The Hall–Kier alpha value is -2.84. The van der Waals surface area contributed by atoms with Gasteiger partial charge in [0.05, 0.1) is 5.92 Å². The maximum atomic E-state index is 13.2. The fourth-order valence-corrected chi connectivity index (χ4v) is 2.38. The number of tetrazole rings is 1. The van der Waals surface area contributed by atoms with Crippen LogP contribution >= 0.6 is 0 Å². The minimum Gasteiger partial charge on any atom is -0.338 e. The molecule has 1 unspecified atom stereocenters. The molecule has 1 saturated heterocycles. The second kappa shape index (κ2) is 5.88. The number of nitrogens with zero attached hydrogens (tertiary/aromatic N) is 4. The van der Waals surface area contributed by atoms with E-state index in [2.05, 4.69) is 25.9 Å². The number of benzene rings is 1. The SMILES string of the molecule is O=C(Nc1nn[nH]n1)C1CC(=O)N(Cc2cccc(F)c2)C1. The van der Waals surface area contributed by atoms with Gasteiger partial charge in [0.2, 0.25) is 11.8 Å². The largest absolute Gasteiger partial charge is 0.338 e. The van der Waals surface area contributed by atoms with E-state index in [-0.39, 0.29) is 43.1 Å². The molecule has 0 spiro atoms. The summed E-state index contributed by atoms with van der Waals surface area (Å²) in [4.78, 5) is 25.6. The van der Waals surface area contributed by atoms with Crippen molar-refractivity contribution in [2.45, 2.75) is 13.0 Å². The molecule has 1 aliphatic rings. The summed E-state index contributed by atoms with van der Waals surface area (Å²) in [5, 5.41) is 15.3. The number of amides is 2. The van der Waals surface area contributed by atoms with Gasteiger partial charge in [-0.15, -0.1) is 5.10 Å². The van der Waals surface area contributed by atoms with Gasteiger partial charge in [-0.05, 0) is 22.9 Å². The van der Waals surface area contributed by atoms with Gasteiger partial charge >= 0.3 is 0 Å². The first-order valence-corrected chi connectivity index (χ1v) is 6.68. The zero-order valence-electron chi connectivity index (χ0n) is 11.5. The Kier molecular flexibility index (Phi) is 3.77. The van der Waals surface area contributed by atoms with E-state index >= 15 is 0 Å². The molecule has 1 atom stereocenters. The van der Waals surface area contributed by atoms with Crippen LogP contribution in [0.2, 0.25) is 0 Å². The highest BCUT2D eigenvalue weighted by Gasteiger charge is 2.34. The fraction of sp³-hybridized carbons (Fsp3) is 0.308. The predicted molar refractivity (Wildman–Crippen MR) is 72.7 cm³/mol. The molecule has 9 heteroatoms. The molecule has 0 aliphatic carbocycles. The standard InChI is InChI=1S/C13H13FN6O2/c14-10-3-1-2-8(4-10)6-20-7-9(5-11(20)21)12(22)15-13-16-18-19-17-13/h1-4,9H,5-7H2,(H2,15,16,17,18,19,22). The van der Waals surface area contributed by atoms with Crippen LogP contribution in [0.15, 0.2) is 24.3 Å². The van der Waals surface area contributed by atoms with E-state index < -0.39 is 5.92 Å². The summed E-state index contributed by atoms with van der Waals surface area (Å²) in [6.07, 6.45) is 0.110. The molecule has 2 heterocycles. The highest BCUT2D eigenvalue weighted by Crippen LogP contribution is 2.21. The number of carbonyl (C=O) groups excluding carboxylic acids is 2. The van der Waals surface area contributed by atoms with E-state index in [1.807, 2.05) is 0 Å². The molecule has 114 valence electrons. The number of anilines is 1. The Morgan fingerprint density at radius 1 is 1.50 bits per heavy atom. The minimum absolute atomic E-state index is 0.0704. The van der Waals surface area contributed by atoms with Gasteiger partial charge in [0.1, 0.15) is 5.82 Å². The summed E-state index contributed by atoms with van der Waals surface area (Å²) in [5.74, 6) is -1.25. The number of hydrogen-bond acceptors (Lipinski definition) is 5. The maximum absolute atomic E-state index is 13.2. The molecule has 0 bridgehead atoms. The number of nitrogens with one attached hydrogen (secondary N) is 2. The molecule has 1 aliphatic heterocycles. The Morgan fingerprint density at radius 3 is 3.09 bits per heavy atom. The highest BCUT2D eigenvalue weighted by molar-refractivity contribution is 5.96.